The van der Waals surface area contributed by atoms with E-state index in [1.807, 2.05) is 39.0 Å². The number of nitrogens with one attached hydrogen (secondary N) is 2. The molecule has 2 aromatic carbocycles. The molecule has 1 amide bonds. The average Bonchev–Trinajstić information content (AvgIpc) is 2.57. The number of rotatable bonds is 4. The summed E-state index contributed by atoms with van der Waals surface area (Å²) in [5.41, 5.74) is 5.00. The minimum atomic E-state index is -0.318. The maximum Gasteiger partial charge on any atom is 0.274 e. The van der Waals surface area contributed by atoms with Crippen LogP contribution in [0.15, 0.2) is 48.7 Å². The first-order chi connectivity index (χ1) is 12.4. The van der Waals surface area contributed by atoms with Crippen LogP contribution in [0.1, 0.15) is 27.2 Å². The standard InChI is InChI=1S/C20H19ClN4O/c1-12-8-13(2)10-16(9-12)23-20-22-7-6-17(25-20)19(26)24-18-11-15(21)5-4-14(18)3/h4-11H,1-3H3,(H,24,26)(H,22,23,25). The highest BCUT2D eigenvalue weighted by atomic mass is 35.5. The molecule has 0 spiro atoms. The molecular weight excluding hydrogens is 348 g/mol. The minimum absolute atomic E-state index is 0.270. The molecule has 2 N–H and O–H groups in total. The maximum atomic E-state index is 12.5. The number of nitrogens with zero attached hydrogens (tertiary/aromatic N) is 2. The first kappa shape index (κ1) is 17.9. The van der Waals surface area contributed by atoms with Crippen molar-refractivity contribution in [2.75, 3.05) is 10.6 Å². The number of carbonyl (C=O) groups is 1. The van der Waals surface area contributed by atoms with Crippen LogP contribution in [0, 0.1) is 20.8 Å². The molecule has 0 saturated carbocycles. The van der Waals surface area contributed by atoms with E-state index in [0.717, 1.165) is 22.4 Å². The van der Waals surface area contributed by atoms with Gasteiger partial charge < -0.3 is 10.6 Å². The van der Waals surface area contributed by atoms with Gasteiger partial charge in [-0.1, -0.05) is 23.7 Å². The highest BCUT2D eigenvalue weighted by Crippen LogP contribution is 2.21. The summed E-state index contributed by atoms with van der Waals surface area (Å²) in [7, 11) is 0. The van der Waals surface area contributed by atoms with Crippen molar-refractivity contribution in [3.05, 3.63) is 76.1 Å². The van der Waals surface area contributed by atoms with Crippen molar-refractivity contribution in [3.63, 3.8) is 0 Å². The molecule has 5 nitrogen and oxygen atoms in total. The number of halogens is 1. The molecule has 132 valence electrons. The second-order valence-corrected chi connectivity index (χ2v) is 6.62. The van der Waals surface area contributed by atoms with Crippen LogP contribution >= 0.6 is 11.6 Å². The molecule has 6 heteroatoms. The molecule has 0 fully saturated rings. The third-order valence-electron chi connectivity index (χ3n) is 3.81. The number of carbonyl (C=O) groups excluding carboxylic acids is 1. The lowest BCUT2D eigenvalue weighted by Gasteiger charge is -2.10. The molecule has 0 atom stereocenters. The summed E-state index contributed by atoms with van der Waals surface area (Å²) in [6.07, 6.45) is 1.55. The summed E-state index contributed by atoms with van der Waals surface area (Å²) in [6.45, 7) is 5.95. The highest BCUT2D eigenvalue weighted by molar-refractivity contribution is 6.31. The van der Waals surface area contributed by atoms with Crippen LogP contribution in [0.25, 0.3) is 0 Å². The van der Waals surface area contributed by atoms with E-state index < -0.39 is 0 Å². The zero-order valence-electron chi connectivity index (χ0n) is 14.8. The minimum Gasteiger partial charge on any atom is -0.324 e. The Balaban J connectivity index is 1.80. The molecule has 0 saturated heterocycles. The predicted molar refractivity (Wildman–Crippen MR) is 105 cm³/mol. The van der Waals surface area contributed by atoms with Crippen LogP contribution in [0.3, 0.4) is 0 Å². The SMILES string of the molecule is Cc1cc(C)cc(Nc2nccc(C(=O)Nc3cc(Cl)ccc3C)n2)c1. The number of amides is 1. The van der Waals surface area contributed by atoms with Gasteiger partial charge in [-0.05, 0) is 67.8 Å². The average molecular weight is 367 g/mol. The Bertz CT molecular complexity index is 952. The van der Waals surface area contributed by atoms with Crippen molar-refractivity contribution < 1.29 is 4.79 Å². The molecule has 3 rings (SSSR count). The van der Waals surface area contributed by atoms with E-state index in [-0.39, 0.29) is 11.6 Å². The maximum absolute atomic E-state index is 12.5. The van der Waals surface area contributed by atoms with Gasteiger partial charge >= 0.3 is 0 Å². The fourth-order valence-corrected chi connectivity index (χ4v) is 2.81. The van der Waals surface area contributed by atoms with Crippen molar-refractivity contribution >= 4 is 34.8 Å². The molecule has 0 aliphatic carbocycles. The summed E-state index contributed by atoms with van der Waals surface area (Å²) in [6, 6.07) is 13.0. The Morgan fingerprint density at radius 1 is 1.00 bits per heavy atom. The van der Waals surface area contributed by atoms with E-state index >= 15 is 0 Å². The van der Waals surface area contributed by atoms with Crippen molar-refractivity contribution in [2.45, 2.75) is 20.8 Å². The van der Waals surface area contributed by atoms with Gasteiger partial charge in [-0.25, -0.2) is 9.97 Å². The Labute approximate surface area is 157 Å². The highest BCUT2D eigenvalue weighted by Gasteiger charge is 2.11. The molecule has 0 aliphatic rings. The monoisotopic (exact) mass is 366 g/mol. The first-order valence-corrected chi connectivity index (χ1v) is 8.54. The van der Waals surface area contributed by atoms with Gasteiger partial charge in [-0.15, -0.1) is 0 Å². The number of hydrogen-bond donors (Lipinski definition) is 2. The van der Waals surface area contributed by atoms with Crippen LogP contribution in [0.4, 0.5) is 17.3 Å². The van der Waals surface area contributed by atoms with E-state index in [1.165, 1.54) is 0 Å². The molecule has 1 aromatic heterocycles. The zero-order valence-corrected chi connectivity index (χ0v) is 15.6. The first-order valence-electron chi connectivity index (χ1n) is 8.16. The summed E-state index contributed by atoms with van der Waals surface area (Å²) < 4.78 is 0. The molecule has 26 heavy (non-hydrogen) atoms. The lowest BCUT2D eigenvalue weighted by atomic mass is 10.1. The Kier molecular flexibility index (Phi) is 5.19. The lowest BCUT2D eigenvalue weighted by Crippen LogP contribution is -2.15. The van der Waals surface area contributed by atoms with Crippen LogP contribution in [-0.4, -0.2) is 15.9 Å². The zero-order chi connectivity index (χ0) is 18.7. The molecule has 0 unspecified atom stereocenters. The Morgan fingerprint density at radius 3 is 2.46 bits per heavy atom. The van der Waals surface area contributed by atoms with Crippen molar-refractivity contribution in [1.82, 2.24) is 9.97 Å². The number of aromatic nitrogens is 2. The van der Waals surface area contributed by atoms with E-state index in [4.69, 9.17) is 11.6 Å². The quantitative estimate of drug-likeness (QED) is 0.678. The van der Waals surface area contributed by atoms with Gasteiger partial charge in [0.1, 0.15) is 5.69 Å². The Hall–Kier alpha value is -2.92. The lowest BCUT2D eigenvalue weighted by molar-refractivity contribution is 0.102. The van der Waals surface area contributed by atoms with E-state index in [0.29, 0.717) is 16.7 Å². The smallest absolute Gasteiger partial charge is 0.274 e. The number of hydrogen-bond acceptors (Lipinski definition) is 4. The van der Waals surface area contributed by atoms with Crippen LogP contribution < -0.4 is 10.6 Å². The van der Waals surface area contributed by atoms with E-state index in [2.05, 4.69) is 26.7 Å². The summed E-state index contributed by atoms with van der Waals surface area (Å²) in [5, 5.41) is 6.54. The van der Waals surface area contributed by atoms with Gasteiger partial charge in [0.2, 0.25) is 5.95 Å². The third kappa shape index (κ3) is 4.37. The van der Waals surface area contributed by atoms with Crippen LogP contribution in [0.5, 0.6) is 0 Å². The molecule has 0 bridgehead atoms. The second-order valence-electron chi connectivity index (χ2n) is 6.18. The molecular formula is C20H19ClN4O. The molecule has 3 aromatic rings. The van der Waals surface area contributed by atoms with Gasteiger partial charge in [0.05, 0.1) is 0 Å². The van der Waals surface area contributed by atoms with Crippen LogP contribution in [0.2, 0.25) is 5.02 Å². The van der Waals surface area contributed by atoms with Gasteiger partial charge in [0.15, 0.2) is 0 Å². The van der Waals surface area contributed by atoms with Gasteiger partial charge in [-0.2, -0.15) is 0 Å². The van der Waals surface area contributed by atoms with Crippen LogP contribution in [-0.2, 0) is 0 Å². The largest absolute Gasteiger partial charge is 0.324 e. The number of aryl methyl sites for hydroxylation is 3. The van der Waals surface area contributed by atoms with Gasteiger partial charge in [0.25, 0.3) is 5.91 Å². The second kappa shape index (κ2) is 7.54. The number of benzene rings is 2. The summed E-state index contributed by atoms with van der Waals surface area (Å²) >= 11 is 6.00. The van der Waals surface area contributed by atoms with E-state index in [9.17, 15) is 4.79 Å². The molecule has 0 radical (unpaired) electrons. The topological polar surface area (TPSA) is 66.9 Å². The van der Waals surface area contributed by atoms with Gasteiger partial charge in [-0.3, -0.25) is 4.79 Å². The van der Waals surface area contributed by atoms with Crippen molar-refractivity contribution in [3.8, 4) is 0 Å². The summed E-state index contributed by atoms with van der Waals surface area (Å²) in [5.74, 6) is 0.0479. The van der Waals surface area contributed by atoms with E-state index in [1.54, 1.807) is 24.4 Å². The molecule has 0 aliphatic heterocycles. The Morgan fingerprint density at radius 2 is 1.73 bits per heavy atom. The third-order valence-corrected chi connectivity index (χ3v) is 4.05. The van der Waals surface area contributed by atoms with Crippen molar-refractivity contribution in [2.24, 2.45) is 0 Å². The fourth-order valence-electron chi connectivity index (χ4n) is 2.64. The number of anilines is 3. The predicted octanol–water partition coefficient (Wildman–Crippen LogP) is 5.05. The fraction of sp³-hybridized carbons (Fsp3) is 0.150. The molecule has 1 heterocycles. The van der Waals surface area contributed by atoms with Crippen molar-refractivity contribution in [1.29, 1.82) is 0 Å². The van der Waals surface area contributed by atoms with Gasteiger partial charge in [0, 0.05) is 22.6 Å². The normalized spacial score (nSPS) is 10.5. The summed E-state index contributed by atoms with van der Waals surface area (Å²) in [4.78, 5) is 21.0.